The van der Waals surface area contributed by atoms with E-state index in [9.17, 15) is 4.79 Å². The molecule has 0 spiro atoms. The van der Waals surface area contributed by atoms with Crippen LogP contribution < -0.4 is 10.1 Å². The van der Waals surface area contributed by atoms with Gasteiger partial charge in [0.05, 0.1) is 7.11 Å². The highest BCUT2D eigenvalue weighted by Gasteiger charge is 2.06. The summed E-state index contributed by atoms with van der Waals surface area (Å²) in [4.78, 5) is 15.7. The molecular formula is C13H18N2O2. The average Bonchev–Trinajstić information content (AvgIpc) is 2.36. The average molecular weight is 234 g/mol. The molecule has 0 bridgehead atoms. The number of allylic oxidation sites excluding steroid dienone is 1. The van der Waals surface area contributed by atoms with Gasteiger partial charge in [-0.05, 0) is 19.4 Å². The second kappa shape index (κ2) is 6.68. The van der Waals surface area contributed by atoms with Crippen molar-refractivity contribution in [1.29, 1.82) is 0 Å². The SMILES string of the molecule is CC/C=C(\C)C(=O)NCc1cccnc1OC. The van der Waals surface area contributed by atoms with Crippen LogP contribution in [0, 0.1) is 0 Å². The zero-order valence-corrected chi connectivity index (χ0v) is 10.5. The van der Waals surface area contributed by atoms with Gasteiger partial charge in [0.25, 0.3) is 0 Å². The highest BCUT2D eigenvalue weighted by molar-refractivity contribution is 5.92. The van der Waals surface area contributed by atoms with Gasteiger partial charge in [0.2, 0.25) is 11.8 Å². The molecule has 4 heteroatoms. The predicted octanol–water partition coefficient (Wildman–Crippen LogP) is 2.06. The smallest absolute Gasteiger partial charge is 0.246 e. The van der Waals surface area contributed by atoms with Crippen molar-refractivity contribution in [2.24, 2.45) is 0 Å². The Kier molecular flexibility index (Phi) is 5.20. The third kappa shape index (κ3) is 3.90. The van der Waals surface area contributed by atoms with Crippen LogP contribution in [0.15, 0.2) is 30.0 Å². The first kappa shape index (κ1) is 13.2. The van der Waals surface area contributed by atoms with Gasteiger partial charge in [-0.15, -0.1) is 0 Å². The number of amides is 1. The largest absolute Gasteiger partial charge is 0.481 e. The van der Waals surface area contributed by atoms with Gasteiger partial charge >= 0.3 is 0 Å². The number of pyridine rings is 1. The fourth-order valence-electron chi connectivity index (χ4n) is 1.46. The van der Waals surface area contributed by atoms with Crippen molar-refractivity contribution in [3.8, 4) is 5.88 Å². The zero-order chi connectivity index (χ0) is 12.7. The lowest BCUT2D eigenvalue weighted by atomic mass is 10.2. The molecule has 0 atom stereocenters. The van der Waals surface area contributed by atoms with Crippen LogP contribution in [0.2, 0.25) is 0 Å². The Morgan fingerprint density at radius 3 is 3.00 bits per heavy atom. The molecular weight excluding hydrogens is 216 g/mol. The molecule has 1 amide bonds. The van der Waals surface area contributed by atoms with E-state index in [0.29, 0.717) is 12.4 Å². The highest BCUT2D eigenvalue weighted by Crippen LogP contribution is 2.12. The summed E-state index contributed by atoms with van der Waals surface area (Å²) < 4.78 is 5.11. The van der Waals surface area contributed by atoms with Gasteiger partial charge in [-0.1, -0.05) is 19.1 Å². The van der Waals surface area contributed by atoms with Gasteiger partial charge in [0.15, 0.2) is 0 Å². The maximum absolute atomic E-state index is 11.7. The first-order valence-corrected chi connectivity index (χ1v) is 5.61. The highest BCUT2D eigenvalue weighted by atomic mass is 16.5. The third-order valence-electron chi connectivity index (χ3n) is 2.35. The molecule has 92 valence electrons. The quantitative estimate of drug-likeness (QED) is 0.793. The summed E-state index contributed by atoms with van der Waals surface area (Å²) in [7, 11) is 1.57. The van der Waals surface area contributed by atoms with Crippen molar-refractivity contribution >= 4 is 5.91 Å². The van der Waals surface area contributed by atoms with Crippen molar-refractivity contribution in [1.82, 2.24) is 10.3 Å². The summed E-state index contributed by atoms with van der Waals surface area (Å²) in [6.45, 7) is 4.23. The van der Waals surface area contributed by atoms with Gasteiger partial charge in [-0.3, -0.25) is 4.79 Å². The van der Waals surface area contributed by atoms with Crippen LogP contribution in [-0.2, 0) is 11.3 Å². The minimum atomic E-state index is -0.0576. The molecule has 0 aromatic carbocycles. The standard InChI is InChI=1S/C13H18N2O2/c1-4-6-10(2)12(16)15-9-11-7-5-8-14-13(11)17-3/h5-8H,4,9H2,1-3H3,(H,15,16)/b10-6+. The number of rotatable bonds is 5. The van der Waals surface area contributed by atoms with E-state index < -0.39 is 0 Å². The summed E-state index contributed by atoms with van der Waals surface area (Å²) >= 11 is 0. The Morgan fingerprint density at radius 2 is 2.35 bits per heavy atom. The van der Waals surface area contributed by atoms with Crippen molar-refractivity contribution < 1.29 is 9.53 Å². The molecule has 0 aliphatic heterocycles. The minimum absolute atomic E-state index is 0.0576. The molecule has 0 unspecified atom stereocenters. The van der Waals surface area contributed by atoms with E-state index in [-0.39, 0.29) is 5.91 Å². The maximum atomic E-state index is 11.7. The monoisotopic (exact) mass is 234 g/mol. The minimum Gasteiger partial charge on any atom is -0.481 e. The Bertz CT molecular complexity index is 414. The molecule has 17 heavy (non-hydrogen) atoms. The molecule has 0 saturated carbocycles. The van der Waals surface area contributed by atoms with E-state index in [1.165, 1.54) is 0 Å². The lowest BCUT2D eigenvalue weighted by Gasteiger charge is -2.08. The van der Waals surface area contributed by atoms with Crippen LogP contribution in [-0.4, -0.2) is 18.0 Å². The van der Waals surface area contributed by atoms with Gasteiger partial charge in [0, 0.05) is 23.9 Å². The zero-order valence-electron chi connectivity index (χ0n) is 10.5. The molecule has 1 rings (SSSR count). The molecule has 0 fully saturated rings. The number of nitrogens with one attached hydrogen (secondary N) is 1. The molecule has 1 N–H and O–H groups in total. The van der Waals surface area contributed by atoms with Crippen LogP contribution in [0.1, 0.15) is 25.8 Å². The summed E-state index contributed by atoms with van der Waals surface area (Å²) in [5, 5.41) is 2.83. The van der Waals surface area contributed by atoms with E-state index in [2.05, 4.69) is 10.3 Å². The number of carbonyl (C=O) groups excluding carboxylic acids is 1. The molecule has 4 nitrogen and oxygen atoms in total. The van der Waals surface area contributed by atoms with Crippen LogP contribution >= 0.6 is 0 Å². The molecule has 1 aromatic rings. The number of aromatic nitrogens is 1. The number of methoxy groups -OCH3 is 1. The van der Waals surface area contributed by atoms with Gasteiger partial charge in [-0.2, -0.15) is 0 Å². The van der Waals surface area contributed by atoms with Crippen LogP contribution in [0.3, 0.4) is 0 Å². The van der Waals surface area contributed by atoms with E-state index in [0.717, 1.165) is 17.6 Å². The summed E-state index contributed by atoms with van der Waals surface area (Å²) in [5.41, 5.74) is 1.60. The molecule has 1 aromatic heterocycles. The predicted molar refractivity (Wildman–Crippen MR) is 66.7 cm³/mol. The number of ether oxygens (including phenoxy) is 1. The molecule has 1 heterocycles. The van der Waals surface area contributed by atoms with Crippen molar-refractivity contribution in [2.75, 3.05) is 7.11 Å². The Hall–Kier alpha value is -1.84. The molecule has 0 radical (unpaired) electrons. The summed E-state index contributed by atoms with van der Waals surface area (Å²) in [6, 6.07) is 3.70. The number of hydrogen-bond acceptors (Lipinski definition) is 3. The van der Waals surface area contributed by atoms with E-state index >= 15 is 0 Å². The second-order valence-electron chi connectivity index (χ2n) is 3.65. The van der Waals surface area contributed by atoms with Gasteiger partial charge < -0.3 is 10.1 Å². The number of carbonyl (C=O) groups is 1. The Morgan fingerprint density at radius 1 is 1.59 bits per heavy atom. The lowest BCUT2D eigenvalue weighted by Crippen LogP contribution is -2.23. The summed E-state index contributed by atoms with van der Waals surface area (Å²) in [5.74, 6) is 0.489. The first-order valence-electron chi connectivity index (χ1n) is 5.61. The lowest BCUT2D eigenvalue weighted by molar-refractivity contribution is -0.117. The molecule has 0 aliphatic rings. The van der Waals surface area contributed by atoms with E-state index in [1.54, 1.807) is 20.2 Å². The van der Waals surface area contributed by atoms with Crippen molar-refractivity contribution in [3.05, 3.63) is 35.5 Å². The number of hydrogen-bond donors (Lipinski definition) is 1. The fraction of sp³-hybridized carbons (Fsp3) is 0.385. The normalized spacial score (nSPS) is 11.1. The Labute approximate surface area is 102 Å². The van der Waals surface area contributed by atoms with Gasteiger partial charge in [0.1, 0.15) is 0 Å². The van der Waals surface area contributed by atoms with Crippen molar-refractivity contribution in [3.63, 3.8) is 0 Å². The van der Waals surface area contributed by atoms with Crippen LogP contribution in [0.4, 0.5) is 0 Å². The van der Waals surface area contributed by atoms with E-state index in [4.69, 9.17) is 4.74 Å². The fourth-order valence-corrected chi connectivity index (χ4v) is 1.46. The Balaban J connectivity index is 2.61. The molecule has 0 saturated heterocycles. The summed E-state index contributed by atoms with van der Waals surface area (Å²) in [6.07, 6.45) is 4.41. The molecule has 0 aliphatic carbocycles. The van der Waals surface area contributed by atoms with Gasteiger partial charge in [-0.25, -0.2) is 4.98 Å². The maximum Gasteiger partial charge on any atom is 0.246 e. The van der Waals surface area contributed by atoms with E-state index in [1.807, 2.05) is 25.1 Å². The van der Waals surface area contributed by atoms with Crippen LogP contribution in [0.25, 0.3) is 0 Å². The number of nitrogens with zero attached hydrogens (tertiary/aromatic N) is 1. The topological polar surface area (TPSA) is 51.2 Å². The second-order valence-corrected chi connectivity index (χ2v) is 3.65. The van der Waals surface area contributed by atoms with Crippen LogP contribution in [0.5, 0.6) is 5.88 Å². The van der Waals surface area contributed by atoms with Crippen molar-refractivity contribution in [2.45, 2.75) is 26.8 Å². The third-order valence-corrected chi connectivity index (χ3v) is 2.35. The first-order chi connectivity index (χ1) is 8.19.